The van der Waals surface area contributed by atoms with Crippen LogP contribution in [-0.2, 0) is 0 Å². The Morgan fingerprint density at radius 3 is 2.07 bits per heavy atom. The van der Waals surface area contributed by atoms with Gasteiger partial charge in [0.15, 0.2) is 11.5 Å². The van der Waals surface area contributed by atoms with Gasteiger partial charge in [0.1, 0.15) is 5.75 Å². The largest absolute Gasteiger partial charge is 0.493 e. The minimum atomic E-state index is -0.727. The van der Waals surface area contributed by atoms with Crippen molar-refractivity contribution in [3.63, 3.8) is 0 Å². The van der Waals surface area contributed by atoms with Gasteiger partial charge < -0.3 is 24.3 Å². The number of anilines is 1. The highest BCUT2D eigenvalue weighted by Gasteiger charge is 2.18. The van der Waals surface area contributed by atoms with Crippen LogP contribution < -0.4 is 29.7 Å². The first kappa shape index (κ1) is 30.7. The molecule has 0 unspecified atom stereocenters. The molecule has 4 rings (SSSR count). The number of non-ortho nitro benzene ring substituents is 1. The van der Waals surface area contributed by atoms with Crippen molar-refractivity contribution in [3.05, 3.63) is 117 Å². The molecular formula is C31H26N4O9. The molecule has 44 heavy (non-hydrogen) atoms. The van der Waals surface area contributed by atoms with Crippen molar-refractivity contribution in [2.75, 3.05) is 26.6 Å². The van der Waals surface area contributed by atoms with Gasteiger partial charge in [-0.2, -0.15) is 5.10 Å². The van der Waals surface area contributed by atoms with E-state index in [9.17, 15) is 24.5 Å². The zero-order valence-corrected chi connectivity index (χ0v) is 23.7. The van der Waals surface area contributed by atoms with Gasteiger partial charge in [-0.3, -0.25) is 19.7 Å². The smallest absolute Gasteiger partial charge is 0.343 e. The summed E-state index contributed by atoms with van der Waals surface area (Å²) in [5.41, 5.74) is 3.55. The van der Waals surface area contributed by atoms with Crippen molar-refractivity contribution in [1.29, 1.82) is 0 Å². The molecule has 0 fully saturated rings. The van der Waals surface area contributed by atoms with E-state index in [1.807, 2.05) is 0 Å². The Bertz CT molecular complexity index is 1710. The maximum Gasteiger partial charge on any atom is 0.343 e. The molecule has 0 aliphatic heterocycles. The SMILES string of the molecule is COc1cc(C(=O)Nc2cccc(C(=O)NN=Cc3ccccc3OC(=O)c3ccc([N+](=O)[O-])cc3)c2)cc(OC)c1OC. The zero-order chi connectivity index (χ0) is 31.6. The first-order valence-electron chi connectivity index (χ1n) is 12.8. The van der Waals surface area contributed by atoms with Crippen LogP contribution in [0.2, 0.25) is 0 Å². The molecule has 0 aliphatic rings. The molecule has 0 saturated heterocycles. The Kier molecular flexibility index (Phi) is 9.84. The number of nitro benzene ring substituents is 1. The van der Waals surface area contributed by atoms with Crippen LogP contribution in [0.3, 0.4) is 0 Å². The van der Waals surface area contributed by atoms with Gasteiger partial charge in [0.25, 0.3) is 17.5 Å². The van der Waals surface area contributed by atoms with Crippen LogP contribution in [-0.4, -0.2) is 50.3 Å². The summed E-state index contributed by atoms with van der Waals surface area (Å²) in [4.78, 5) is 48.6. The summed E-state index contributed by atoms with van der Waals surface area (Å²) in [6.45, 7) is 0. The van der Waals surface area contributed by atoms with E-state index in [1.165, 1.54) is 76.1 Å². The summed E-state index contributed by atoms with van der Waals surface area (Å²) in [6, 6.07) is 20.7. The summed E-state index contributed by atoms with van der Waals surface area (Å²) in [6.07, 6.45) is 1.30. The highest BCUT2D eigenvalue weighted by Crippen LogP contribution is 2.38. The number of hydrogen-bond donors (Lipinski definition) is 2. The third kappa shape index (κ3) is 7.33. The summed E-state index contributed by atoms with van der Waals surface area (Å²) < 4.78 is 21.3. The van der Waals surface area contributed by atoms with E-state index in [4.69, 9.17) is 18.9 Å². The molecule has 224 valence electrons. The van der Waals surface area contributed by atoms with Gasteiger partial charge in [-0.05, 0) is 54.6 Å². The van der Waals surface area contributed by atoms with Crippen molar-refractivity contribution < 1.29 is 38.3 Å². The fourth-order valence-electron chi connectivity index (χ4n) is 3.94. The number of amides is 2. The average molecular weight is 599 g/mol. The van der Waals surface area contributed by atoms with Gasteiger partial charge >= 0.3 is 5.97 Å². The maximum absolute atomic E-state index is 13.0. The summed E-state index contributed by atoms with van der Waals surface area (Å²) in [7, 11) is 4.34. The number of carbonyl (C=O) groups excluding carboxylic acids is 3. The Morgan fingerprint density at radius 1 is 0.750 bits per heavy atom. The van der Waals surface area contributed by atoms with Crippen molar-refractivity contribution in [3.8, 4) is 23.0 Å². The number of ether oxygens (including phenoxy) is 4. The topological polar surface area (TPSA) is 168 Å². The Morgan fingerprint density at radius 2 is 1.43 bits per heavy atom. The van der Waals surface area contributed by atoms with E-state index < -0.39 is 22.7 Å². The lowest BCUT2D eigenvalue weighted by Gasteiger charge is -2.14. The van der Waals surface area contributed by atoms with Gasteiger partial charge in [0, 0.05) is 34.5 Å². The van der Waals surface area contributed by atoms with Gasteiger partial charge in [0.2, 0.25) is 5.75 Å². The molecule has 4 aromatic carbocycles. The predicted octanol–water partition coefficient (Wildman–Crippen LogP) is 4.86. The Hall–Kier alpha value is -6.24. The van der Waals surface area contributed by atoms with Gasteiger partial charge in [-0.25, -0.2) is 10.2 Å². The maximum atomic E-state index is 13.0. The molecule has 0 aromatic heterocycles. The van der Waals surface area contributed by atoms with E-state index in [-0.39, 0.29) is 28.1 Å². The van der Waals surface area contributed by atoms with Crippen molar-refractivity contribution in [2.45, 2.75) is 0 Å². The van der Waals surface area contributed by atoms with Gasteiger partial charge in [-0.15, -0.1) is 0 Å². The lowest BCUT2D eigenvalue weighted by molar-refractivity contribution is -0.384. The standard InChI is InChI=1S/C31H26N4O9/c1-41-26-16-22(17-27(42-2)28(26)43-3)29(36)33-23-9-6-8-20(15-23)30(37)34-32-18-21-7-4-5-10-25(21)44-31(38)19-11-13-24(14-12-19)35(39)40/h4-18H,1-3H3,(H,33,36)(H,34,37). The van der Waals surface area contributed by atoms with E-state index in [0.29, 0.717) is 28.5 Å². The van der Waals surface area contributed by atoms with Crippen molar-refractivity contribution >= 4 is 35.4 Å². The van der Waals surface area contributed by atoms with E-state index >= 15 is 0 Å². The summed E-state index contributed by atoms with van der Waals surface area (Å²) in [5.74, 6) is -0.641. The number of carbonyl (C=O) groups is 3. The molecule has 2 amide bonds. The third-order valence-corrected chi connectivity index (χ3v) is 6.11. The number of para-hydroxylation sites is 1. The number of rotatable bonds is 11. The first-order valence-corrected chi connectivity index (χ1v) is 12.8. The van der Waals surface area contributed by atoms with Crippen LogP contribution in [0.4, 0.5) is 11.4 Å². The molecule has 0 spiro atoms. The van der Waals surface area contributed by atoms with Crippen molar-refractivity contribution in [1.82, 2.24) is 5.43 Å². The normalized spacial score (nSPS) is 10.5. The number of hydrazone groups is 1. The minimum Gasteiger partial charge on any atom is -0.493 e. The molecule has 0 atom stereocenters. The molecule has 2 N–H and O–H groups in total. The Balaban J connectivity index is 1.42. The lowest BCUT2D eigenvalue weighted by atomic mass is 10.1. The van der Waals surface area contributed by atoms with Crippen molar-refractivity contribution in [2.24, 2.45) is 5.10 Å². The molecule has 0 saturated carbocycles. The molecular weight excluding hydrogens is 572 g/mol. The average Bonchev–Trinajstić information content (AvgIpc) is 3.04. The number of nitrogens with one attached hydrogen (secondary N) is 2. The fraction of sp³-hybridized carbons (Fsp3) is 0.0968. The number of nitrogens with zero attached hydrogens (tertiary/aromatic N) is 2. The first-order chi connectivity index (χ1) is 21.2. The monoisotopic (exact) mass is 598 g/mol. The minimum absolute atomic E-state index is 0.118. The van der Waals surface area contributed by atoms with Crippen LogP contribution in [0.1, 0.15) is 36.6 Å². The quantitative estimate of drug-likeness (QED) is 0.0806. The van der Waals surface area contributed by atoms with E-state index in [2.05, 4.69) is 15.8 Å². The number of nitro groups is 1. The summed E-state index contributed by atoms with van der Waals surface area (Å²) >= 11 is 0. The Labute approximate surface area is 251 Å². The molecule has 4 aromatic rings. The second kappa shape index (κ2) is 14.1. The molecule has 13 nitrogen and oxygen atoms in total. The van der Waals surface area contributed by atoms with Crippen LogP contribution in [0.15, 0.2) is 90.0 Å². The molecule has 0 radical (unpaired) electrons. The number of methoxy groups -OCH3 is 3. The predicted molar refractivity (Wildman–Crippen MR) is 160 cm³/mol. The van der Waals surface area contributed by atoms with Crippen LogP contribution in [0.5, 0.6) is 23.0 Å². The fourth-order valence-corrected chi connectivity index (χ4v) is 3.94. The van der Waals surface area contributed by atoms with Gasteiger partial charge in [0.05, 0.1) is 38.0 Å². The lowest BCUT2D eigenvalue weighted by Crippen LogP contribution is -2.18. The van der Waals surface area contributed by atoms with Crippen LogP contribution in [0.25, 0.3) is 0 Å². The summed E-state index contributed by atoms with van der Waals surface area (Å²) in [5, 5.41) is 17.5. The number of hydrogen-bond acceptors (Lipinski definition) is 10. The van der Waals surface area contributed by atoms with E-state index in [1.54, 1.807) is 36.4 Å². The molecule has 0 bridgehead atoms. The second-order valence-electron chi connectivity index (χ2n) is 8.88. The molecule has 0 aliphatic carbocycles. The zero-order valence-electron chi connectivity index (χ0n) is 23.7. The van der Waals surface area contributed by atoms with Crippen LogP contribution >= 0.6 is 0 Å². The third-order valence-electron chi connectivity index (χ3n) is 6.11. The highest BCUT2D eigenvalue weighted by atomic mass is 16.6. The molecule has 0 heterocycles. The second-order valence-corrected chi connectivity index (χ2v) is 8.88. The van der Waals surface area contributed by atoms with Gasteiger partial charge in [-0.1, -0.05) is 18.2 Å². The van der Waals surface area contributed by atoms with E-state index in [0.717, 1.165) is 0 Å². The number of esters is 1. The molecule has 13 heteroatoms. The highest BCUT2D eigenvalue weighted by molar-refractivity contribution is 6.06. The number of benzene rings is 4. The van der Waals surface area contributed by atoms with Crippen LogP contribution in [0, 0.1) is 10.1 Å².